The van der Waals surface area contributed by atoms with Crippen LogP contribution in [0, 0.1) is 25.5 Å². The van der Waals surface area contributed by atoms with Crippen molar-refractivity contribution in [3.05, 3.63) is 59.4 Å². The van der Waals surface area contributed by atoms with Gasteiger partial charge in [0.25, 0.3) is 0 Å². The first-order valence-electron chi connectivity index (χ1n) is 11.4. The van der Waals surface area contributed by atoms with Crippen LogP contribution >= 0.6 is 0 Å². The van der Waals surface area contributed by atoms with E-state index in [0.29, 0.717) is 22.9 Å². The fourth-order valence-electron chi connectivity index (χ4n) is 3.81. The molecule has 2 fully saturated rings. The number of fused-ring (bicyclic) bond motifs is 1. The molecule has 176 valence electrons. The summed E-state index contributed by atoms with van der Waals surface area (Å²) in [7, 11) is 0. The summed E-state index contributed by atoms with van der Waals surface area (Å²) in [4.78, 5) is 18.6. The van der Waals surface area contributed by atoms with E-state index in [9.17, 15) is 8.78 Å². The zero-order valence-electron chi connectivity index (χ0n) is 19.1. The van der Waals surface area contributed by atoms with E-state index in [2.05, 4.69) is 30.1 Å². The molecule has 0 N–H and O–H groups in total. The Hall–Kier alpha value is -3.40. The van der Waals surface area contributed by atoms with Gasteiger partial charge < -0.3 is 4.74 Å². The van der Waals surface area contributed by atoms with Crippen molar-refractivity contribution < 1.29 is 13.5 Å². The highest BCUT2D eigenvalue weighted by atomic mass is 19.1. The minimum atomic E-state index is -0.690. The summed E-state index contributed by atoms with van der Waals surface area (Å²) in [6.07, 6.45) is 9.38. The third-order valence-electron chi connectivity index (χ3n) is 5.98. The Morgan fingerprint density at radius 3 is 2.56 bits per heavy atom. The number of hydrogen-bond acceptors (Lipinski definition) is 7. The van der Waals surface area contributed by atoms with Gasteiger partial charge in [0.2, 0.25) is 0 Å². The molecule has 0 amide bonds. The van der Waals surface area contributed by atoms with Crippen molar-refractivity contribution in [2.75, 3.05) is 6.61 Å². The first kappa shape index (κ1) is 22.4. The molecule has 10 heteroatoms. The average Bonchev–Trinajstić information content (AvgIpc) is 3.57. The second-order valence-corrected chi connectivity index (χ2v) is 8.59. The molecule has 4 aromatic rings. The van der Waals surface area contributed by atoms with Crippen molar-refractivity contribution >= 4 is 11.2 Å². The summed E-state index contributed by atoms with van der Waals surface area (Å²) in [5, 5.41) is 8.76. The van der Waals surface area contributed by atoms with Gasteiger partial charge in [0.15, 0.2) is 5.65 Å². The zero-order chi connectivity index (χ0) is 23.7. The maximum absolute atomic E-state index is 13.9. The Morgan fingerprint density at radius 2 is 1.82 bits per heavy atom. The summed E-state index contributed by atoms with van der Waals surface area (Å²) in [6.45, 7) is 4.50. The highest BCUT2D eigenvalue weighted by molar-refractivity contribution is 5.86. The van der Waals surface area contributed by atoms with E-state index in [1.54, 1.807) is 6.92 Å². The van der Waals surface area contributed by atoms with E-state index in [-0.39, 0.29) is 11.7 Å². The lowest BCUT2D eigenvalue weighted by Crippen LogP contribution is -2.12. The summed E-state index contributed by atoms with van der Waals surface area (Å²) in [6, 6.07) is 3.91. The zero-order valence-corrected chi connectivity index (χ0v) is 19.1. The van der Waals surface area contributed by atoms with Gasteiger partial charge in [-0.2, -0.15) is 15.0 Å². The Bertz CT molecular complexity index is 1320. The van der Waals surface area contributed by atoms with Crippen LogP contribution in [0.1, 0.15) is 61.3 Å². The fourth-order valence-corrected chi connectivity index (χ4v) is 3.81. The number of aryl methyl sites for hydroxylation is 2. The van der Waals surface area contributed by atoms with Gasteiger partial charge in [-0.1, -0.05) is 0 Å². The molecule has 3 aromatic heterocycles. The third-order valence-corrected chi connectivity index (χ3v) is 5.98. The largest absolute Gasteiger partial charge is 0.372 e. The van der Waals surface area contributed by atoms with Crippen molar-refractivity contribution in [1.82, 2.24) is 34.9 Å². The highest BCUT2D eigenvalue weighted by Gasteiger charge is 2.27. The number of hydrogen-bond donors (Lipinski definition) is 0. The topological polar surface area (TPSA) is 91.5 Å². The predicted octanol–water partition coefficient (Wildman–Crippen LogP) is 4.84. The van der Waals surface area contributed by atoms with E-state index >= 15 is 0 Å². The number of halogens is 2. The second kappa shape index (κ2) is 9.46. The van der Waals surface area contributed by atoms with Crippen LogP contribution in [0.2, 0.25) is 0 Å². The minimum Gasteiger partial charge on any atom is -0.372 e. The van der Waals surface area contributed by atoms with Crippen molar-refractivity contribution in [3.63, 3.8) is 0 Å². The van der Waals surface area contributed by atoms with Gasteiger partial charge >= 0.3 is 0 Å². The van der Waals surface area contributed by atoms with E-state index in [0.717, 1.165) is 36.2 Å². The molecule has 4 heterocycles. The number of nitrogens with zero attached hydrogens (tertiary/aromatic N) is 7. The number of aromatic nitrogens is 7. The van der Waals surface area contributed by atoms with Crippen LogP contribution < -0.4 is 0 Å². The molecule has 0 radical (unpaired) electrons. The van der Waals surface area contributed by atoms with E-state index in [1.165, 1.54) is 44.1 Å². The van der Waals surface area contributed by atoms with Crippen LogP contribution in [0.5, 0.6) is 0 Å². The Labute approximate surface area is 195 Å². The van der Waals surface area contributed by atoms with Gasteiger partial charge in [-0.05, 0) is 58.1 Å². The Kier molecular flexibility index (Phi) is 6.23. The molecule has 1 atom stereocenters. The summed E-state index contributed by atoms with van der Waals surface area (Å²) < 4.78 is 32.6. The lowest BCUT2D eigenvalue weighted by molar-refractivity contribution is 0.0119. The molecule has 1 saturated carbocycles. The van der Waals surface area contributed by atoms with Crippen molar-refractivity contribution in [2.24, 2.45) is 0 Å². The predicted molar refractivity (Wildman–Crippen MR) is 121 cm³/mol. The highest BCUT2D eigenvalue weighted by Crippen LogP contribution is 2.34. The summed E-state index contributed by atoms with van der Waals surface area (Å²) >= 11 is 0. The van der Waals surface area contributed by atoms with E-state index < -0.39 is 11.6 Å². The van der Waals surface area contributed by atoms with Crippen molar-refractivity contribution in [3.8, 4) is 11.3 Å². The van der Waals surface area contributed by atoms with Crippen LogP contribution in [-0.2, 0) is 4.74 Å². The van der Waals surface area contributed by atoms with E-state index in [1.807, 2.05) is 17.9 Å². The van der Waals surface area contributed by atoms with Crippen LogP contribution in [0.3, 0.4) is 0 Å². The second-order valence-electron chi connectivity index (χ2n) is 8.59. The van der Waals surface area contributed by atoms with Crippen LogP contribution in [0.4, 0.5) is 8.78 Å². The number of ether oxygens (including phenoxy) is 1. The molecule has 2 aliphatic rings. The molecule has 1 aromatic carbocycles. The van der Waals surface area contributed by atoms with Gasteiger partial charge in [-0.3, -0.25) is 0 Å². The maximum Gasteiger partial charge on any atom is 0.182 e. The molecule has 6 rings (SSSR count). The third kappa shape index (κ3) is 4.77. The molecule has 34 heavy (non-hydrogen) atoms. The molecule has 0 spiro atoms. The normalized spacial score (nSPS) is 17.9. The molecular weight excluding hydrogens is 440 g/mol. The van der Waals surface area contributed by atoms with Crippen LogP contribution in [0.25, 0.3) is 22.4 Å². The lowest BCUT2D eigenvalue weighted by Gasteiger charge is -2.20. The molecular formula is C24H25F2N7O. The first-order valence-corrected chi connectivity index (χ1v) is 11.4. The van der Waals surface area contributed by atoms with Gasteiger partial charge in [0.05, 0.1) is 23.6 Å². The van der Waals surface area contributed by atoms with Gasteiger partial charge in [0.1, 0.15) is 41.0 Å². The number of rotatable bonds is 3. The minimum absolute atomic E-state index is 0.177. The van der Waals surface area contributed by atoms with Crippen molar-refractivity contribution in [1.29, 1.82) is 0 Å². The monoisotopic (exact) mass is 465 g/mol. The quantitative estimate of drug-likeness (QED) is 0.428. The average molecular weight is 466 g/mol. The Morgan fingerprint density at radius 1 is 1.00 bits per heavy atom. The molecule has 0 bridgehead atoms. The first-order chi connectivity index (χ1) is 16.5. The van der Waals surface area contributed by atoms with Crippen LogP contribution in [0.15, 0.2) is 30.7 Å². The van der Waals surface area contributed by atoms with Gasteiger partial charge in [0, 0.05) is 18.2 Å². The van der Waals surface area contributed by atoms with Gasteiger partial charge in [-0.25, -0.2) is 28.7 Å². The SMILES string of the molecule is Cc1nc2ncnc(-c3ccc(F)cc3F)c2nc1C.c1nn(C2CC2)nc1C1CCCCO1. The fraction of sp³-hybridized carbons (Fsp3) is 0.417. The summed E-state index contributed by atoms with van der Waals surface area (Å²) in [5.74, 6) is -1.33. The standard InChI is InChI=1S/C14H10F2N4.C10H15N3O/c1-7-8(2)20-14-13(19-7)12(17-6-18-14)10-4-3-9(15)5-11(10)16;1-2-6-14-10(3-1)9-7-11-13(12-9)8-4-5-8/h3-6H,1-2H3;7-8,10H,1-6H2. The molecule has 1 aliphatic heterocycles. The number of benzene rings is 1. The lowest BCUT2D eigenvalue weighted by atomic mass is 10.1. The molecule has 1 saturated heterocycles. The van der Waals surface area contributed by atoms with Crippen molar-refractivity contribution in [2.45, 2.75) is 58.1 Å². The van der Waals surface area contributed by atoms with E-state index in [4.69, 9.17) is 4.74 Å². The molecule has 1 aliphatic carbocycles. The van der Waals surface area contributed by atoms with Gasteiger partial charge in [-0.15, -0.1) is 0 Å². The molecule has 1 unspecified atom stereocenters. The Balaban J connectivity index is 0.000000150. The summed E-state index contributed by atoms with van der Waals surface area (Å²) in [5.41, 5.74) is 3.77. The smallest absolute Gasteiger partial charge is 0.182 e. The molecule has 8 nitrogen and oxygen atoms in total. The maximum atomic E-state index is 13.9. The van der Waals surface area contributed by atoms with Crippen LogP contribution in [-0.4, -0.2) is 41.5 Å².